The predicted molar refractivity (Wildman–Crippen MR) is 114 cm³/mol. The first-order valence-electron chi connectivity index (χ1n) is 10.3. The van der Waals surface area contributed by atoms with Crippen LogP contribution in [0.4, 0.5) is 8.78 Å². The Morgan fingerprint density at radius 3 is 2.13 bits per heavy atom. The minimum Gasteiger partial charge on any atom is -0.482 e. The van der Waals surface area contributed by atoms with Gasteiger partial charge >= 0.3 is 5.85 Å². The third kappa shape index (κ3) is 2.53. The van der Waals surface area contributed by atoms with E-state index in [0.29, 0.717) is 29.9 Å². The summed E-state index contributed by atoms with van der Waals surface area (Å²) in [7, 11) is 0. The SMILES string of the molecule is FC1Cc2ccc3ccccc3c2OC1(F)C1CCc2ccc3ccccc3c2O1. The van der Waals surface area contributed by atoms with Crippen molar-refractivity contribution in [1.82, 2.24) is 0 Å². The van der Waals surface area contributed by atoms with Gasteiger partial charge in [0.15, 0.2) is 12.3 Å². The van der Waals surface area contributed by atoms with Crippen LogP contribution >= 0.6 is 0 Å². The Morgan fingerprint density at radius 1 is 0.767 bits per heavy atom. The van der Waals surface area contributed by atoms with Crippen LogP contribution in [0.25, 0.3) is 21.5 Å². The maximum absolute atomic E-state index is 16.2. The quantitative estimate of drug-likeness (QED) is 0.371. The van der Waals surface area contributed by atoms with Crippen LogP contribution in [0.1, 0.15) is 17.5 Å². The van der Waals surface area contributed by atoms with E-state index in [2.05, 4.69) is 0 Å². The predicted octanol–water partition coefficient (Wildman–Crippen LogP) is 6.33. The highest BCUT2D eigenvalue weighted by Gasteiger charge is 2.55. The van der Waals surface area contributed by atoms with Crippen molar-refractivity contribution in [2.45, 2.75) is 37.4 Å². The lowest BCUT2D eigenvalue weighted by Crippen LogP contribution is -2.57. The number of rotatable bonds is 1. The Bertz CT molecular complexity index is 1280. The van der Waals surface area contributed by atoms with Crippen molar-refractivity contribution in [3.63, 3.8) is 0 Å². The Morgan fingerprint density at radius 2 is 1.40 bits per heavy atom. The van der Waals surface area contributed by atoms with Gasteiger partial charge in [0.25, 0.3) is 0 Å². The molecule has 4 heteroatoms. The molecule has 6 rings (SSSR count). The summed E-state index contributed by atoms with van der Waals surface area (Å²) in [5.74, 6) is -1.47. The summed E-state index contributed by atoms with van der Waals surface area (Å²) in [5.41, 5.74) is 1.71. The highest BCUT2D eigenvalue weighted by atomic mass is 19.2. The zero-order valence-corrected chi connectivity index (χ0v) is 16.3. The minimum atomic E-state index is -2.54. The molecule has 0 spiro atoms. The van der Waals surface area contributed by atoms with Gasteiger partial charge in [-0.25, -0.2) is 4.39 Å². The molecule has 2 aliphatic heterocycles. The number of ether oxygens (including phenoxy) is 2. The van der Waals surface area contributed by atoms with Crippen LogP contribution in [0.3, 0.4) is 0 Å². The second-order valence-electron chi connectivity index (χ2n) is 8.17. The molecule has 3 atom stereocenters. The topological polar surface area (TPSA) is 18.5 Å². The summed E-state index contributed by atoms with van der Waals surface area (Å²) in [6.45, 7) is 0. The van der Waals surface area contributed by atoms with Crippen LogP contribution in [0, 0.1) is 0 Å². The van der Waals surface area contributed by atoms with Crippen molar-refractivity contribution in [2.24, 2.45) is 0 Å². The molecule has 150 valence electrons. The number of aryl methyl sites for hydroxylation is 1. The zero-order valence-electron chi connectivity index (χ0n) is 16.3. The van der Waals surface area contributed by atoms with Crippen molar-refractivity contribution >= 4 is 21.5 Å². The van der Waals surface area contributed by atoms with Gasteiger partial charge in [-0.3, -0.25) is 0 Å². The Kier molecular flexibility index (Phi) is 3.79. The molecule has 0 radical (unpaired) electrons. The summed E-state index contributed by atoms with van der Waals surface area (Å²) in [6, 6.07) is 23.3. The molecule has 2 heterocycles. The summed E-state index contributed by atoms with van der Waals surface area (Å²) < 4.78 is 43.4. The average molecular weight is 402 g/mol. The second-order valence-corrected chi connectivity index (χ2v) is 8.17. The van der Waals surface area contributed by atoms with Crippen LogP contribution in [-0.2, 0) is 12.8 Å². The smallest absolute Gasteiger partial charge is 0.316 e. The van der Waals surface area contributed by atoms with E-state index < -0.39 is 18.1 Å². The third-order valence-electron chi connectivity index (χ3n) is 6.38. The standard InChI is InChI=1S/C26H20F2O2/c27-22-15-19-12-10-17-6-2-4-8-21(17)25(19)30-26(22,28)23-14-13-18-11-9-16-5-1-3-7-20(16)24(18)29-23/h1-12,22-23H,13-15H2. The highest BCUT2D eigenvalue weighted by molar-refractivity contribution is 5.90. The third-order valence-corrected chi connectivity index (χ3v) is 6.38. The molecule has 0 aromatic heterocycles. The van der Waals surface area contributed by atoms with Crippen LogP contribution < -0.4 is 9.47 Å². The second kappa shape index (κ2) is 6.43. The molecule has 4 aromatic carbocycles. The van der Waals surface area contributed by atoms with Gasteiger partial charge in [-0.05, 0) is 34.7 Å². The van der Waals surface area contributed by atoms with Crippen LogP contribution in [-0.4, -0.2) is 18.1 Å². The molecular weight excluding hydrogens is 382 g/mol. The van der Waals surface area contributed by atoms with E-state index in [1.807, 2.05) is 72.8 Å². The van der Waals surface area contributed by atoms with Gasteiger partial charge in [0, 0.05) is 17.2 Å². The summed E-state index contributed by atoms with van der Waals surface area (Å²) in [4.78, 5) is 0. The maximum atomic E-state index is 16.2. The monoisotopic (exact) mass is 402 g/mol. The first kappa shape index (κ1) is 17.7. The molecule has 0 saturated heterocycles. The first-order valence-corrected chi connectivity index (χ1v) is 10.3. The van der Waals surface area contributed by atoms with E-state index in [4.69, 9.17) is 9.47 Å². The van der Waals surface area contributed by atoms with Crippen molar-refractivity contribution in [2.75, 3.05) is 0 Å². The molecule has 2 nitrogen and oxygen atoms in total. The van der Waals surface area contributed by atoms with Crippen molar-refractivity contribution in [3.8, 4) is 11.5 Å². The Balaban J connectivity index is 1.43. The molecule has 30 heavy (non-hydrogen) atoms. The lowest BCUT2D eigenvalue weighted by molar-refractivity contribution is -0.191. The summed E-state index contributed by atoms with van der Waals surface area (Å²) in [6.07, 6.45) is -1.86. The van der Waals surface area contributed by atoms with Crippen LogP contribution in [0.2, 0.25) is 0 Å². The number of benzene rings is 4. The molecule has 0 saturated carbocycles. The molecule has 4 aromatic rings. The number of hydrogen-bond donors (Lipinski definition) is 0. The maximum Gasteiger partial charge on any atom is 0.316 e. The largest absolute Gasteiger partial charge is 0.482 e. The lowest BCUT2D eigenvalue weighted by atomic mass is 9.88. The van der Waals surface area contributed by atoms with Crippen LogP contribution in [0.5, 0.6) is 11.5 Å². The molecule has 0 bridgehead atoms. The fraction of sp³-hybridized carbons (Fsp3) is 0.231. The van der Waals surface area contributed by atoms with Crippen molar-refractivity contribution < 1.29 is 18.3 Å². The average Bonchev–Trinajstić information content (AvgIpc) is 2.79. The van der Waals surface area contributed by atoms with E-state index in [0.717, 1.165) is 27.1 Å². The van der Waals surface area contributed by atoms with Crippen LogP contribution in [0.15, 0.2) is 72.8 Å². The molecule has 0 N–H and O–H groups in total. The van der Waals surface area contributed by atoms with Gasteiger partial charge in [-0.1, -0.05) is 72.8 Å². The first-order chi connectivity index (χ1) is 14.6. The van der Waals surface area contributed by atoms with Gasteiger partial charge in [0.05, 0.1) is 0 Å². The van der Waals surface area contributed by atoms with Crippen molar-refractivity contribution in [1.29, 1.82) is 0 Å². The van der Waals surface area contributed by atoms with Gasteiger partial charge in [-0.15, -0.1) is 0 Å². The molecule has 2 aliphatic rings. The molecule has 0 aliphatic carbocycles. The number of hydrogen-bond acceptors (Lipinski definition) is 2. The van der Waals surface area contributed by atoms with E-state index in [1.165, 1.54) is 0 Å². The molecular formula is C26H20F2O2. The zero-order chi connectivity index (χ0) is 20.3. The highest BCUT2D eigenvalue weighted by Crippen LogP contribution is 2.46. The lowest BCUT2D eigenvalue weighted by Gasteiger charge is -2.42. The van der Waals surface area contributed by atoms with Gasteiger partial charge < -0.3 is 9.47 Å². The molecule has 3 unspecified atom stereocenters. The van der Waals surface area contributed by atoms with E-state index in [9.17, 15) is 0 Å². The van der Waals surface area contributed by atoms with E-state index in [1.54, 1.807) is 0 Å². The number of fused-ring (bicyclic) bond motifs is 6. The van der Waals surface area contributed by atoms with Gasteiger partial charge in [-0.2, -0.15) is 4.39 Å². The molecule has 0 amide bonds. The Labute approximate surface area is 173 Å². The van der Waals surface area contributed by atoms with E-state index >= 15 is 8.78 Å². The number of alkyl halides is 2. The summed E-state index contributed by atoms with van der Waals surface area (Å²) in [5, 5.41) is 3.67. The van der Waals surface area contributed by atoms with Crippen molar-refractivity contribution in [3.05, 3.63) is 83.9 Å². The fourth-order valence-corrected chi connectivity index (χ4v) is 4.78. The molecule has 0 fully saturated rings. The number of halogens is 2. The Hall–Kier alpha value is -3.14. The summed E-state index contributed by atoms with van der Waals surface area (Å²) >= 11 is 0. The fourth-order valence-electron chi connectivity index (χ4n) is 4.78. The van der Waals surface area contributed by atoms with Gasteiger partial charge in [0.1, 0.15) is 11.5 Å². The van der Waals surface area contributed by atoms with Gasteiger partial charge in [0.2, 0.25) is 0 Å². The minimum absolute atomic E-state index is 0.0288. The van der Waals surface area contributed by atoms with E-state index in [-0.39, 0.29) is 6.42 Å². The normalized spacial score (nSPS) is 25.3.